The maximum Gasteiger partial charge on any atom is 0.143 e. The van der Waals surface area contributed by atoms with Crippen molar-refractivity contribution in [3.63, 3.8) is 0 Å². The smallest absolute Gasteiger partial charge is 0.143 e. The van der Waals surface area contributed by atoms with E-state index in [1.165, 1.54) is 105 Å². The van der Waals surface area contributed by atoms with E-state index >= 15 is 0 Å². The lowest BCUT2D eigenvalue weighted by Gasteiger charge is -2.22. The van der Waals surface area contributed by atoms with Crippen molar-refractivity contribution in [2.24, 2.45) is 0 Å². The normalized spacial score (nSPS) is 14.7. The van der Waals surface area contributed by atoms with Gasteiger partial charge < -0.3 is 8.98 Å². The van der Waals surface area contributed by atoms with Crippen molar-refractivity contribution in [2.45, 2.75) is 38.5 Å². The van der Waals surface area contributed by atoms with E-state index in [9.17, 15) is 0 Å². The number of furan rings is 1. The summed E-state index contributed by atoms with van der Waals surface area (Å²) in [7, 11) is 0. The van der Waals surface area contributed by atoms with Crippen molar-refractivity contribution < 1.29 is 4.42 Å². The molecule has 0 unspecified atom stereocenters. The molecule has 0 atom stereocenters. The van der Waals surface area contributed by atoms with E-state index in [4.69, 9.17) is 4.42 Å². The van der Waals surface area contributed by atoms with Crippen LogP contribution in [0.2, 0.25) is 0 Å². The molecule has 2 aliphatic rings. The minimum Gasteiger partial charge on any atom is -0.455 e. The summed E-state index contributed by atoms with van der Waals surface area (Å²) in [6, 6.07) is 60.8. The van der Waals surface area contributed by atoms with E-state index in [1.807, 2.05) is 0 Å². The molecule has 0 aliphatic heterocycles. The van der Waals surface area contributed by atoms with Gasteiger partial charge in [-0.2, -0.15) is 0 Å². The number of nitrogens with zero attached hydrogens (tertiary/aromatic N) is 1. The van der Waals surface area contributed by atoms with Gasteiger partial charge in [0.1, 0.15) is 11.2 Å². The first-order valence-electron chi connectivity index (χ1n) is 19.8. The van der Waals surface area contributed by atoms with Gasteiger partial charge in [0.2, 0.25) is 0 Å². The number of hydrogen-bond donors (Lipinski definition) is 0. The van der Waals surface area contributed by atoms with E-state index in [1.54, 1.807) is 0 Å². The SMILES string of the molecule is CC1(C)c2ccccc2-c2ccc(-c3ccc4c(c3)c3cc(-c5ccccc5)ccc3n4-c3ccc4c(c3)C(C)(C)c3ccc5c(oc6ccccc65)c3-4)cc21. The Morgan fingerprint density at radius 1 is 0.393 bits per heavy atom. The Hall–Kier alpha value is -6.64. The van der Waals surface area contributed by atoms with E-state index in [-0.39, 0.29) is 10.8 Å². The minimum absolute atomic E-state index is 0.0517. The molecule has 0 radical (unpaired) electrons. The molecular formula is C54H39NO. The van der Waals surface area contributed by atoms with E-state index in [2.05, 4.69) is 196 Å². The van der Waals surface area contributed by atoms with Crippen LogP contribution in [0.15, 0.2) is 168 Å². The van der Waals surface area contributed by atoms with Gasteiger partial charge in [-0.1, -0.05) is 143 Å². The highest BCUT2D eigenvalue weighted by atomic mass is 16.3. The predicted octanol–water partition coefficient (Wildman–Crippen LogP) is 14.6. The number of rotatable bonds is 3. The number of aromatic nitrogens is 1. The summed E-state index contributed by atoms with van der Waals surface area (Å²) in [5.41, 5.74) is 20.8. The van der Waals surface area contributed by atoms with Gasteiger partial charge in [0.15, 0.2) is 0 Å². The summed E-state index contributed by atoms with van der Waals surface area (Å²) in [6.07, 6.45) is 0. The van der Waals surface area contributed by atoms with Crippen molar-refractivity contribution in [3.8, 4) is 50.2 Å². The Labute approximate surface area is 326 Å². The molecule has 0 fully saturated rings. The summed E-state index contributed by atoms with van der Waals surface area (Å²) in [5, 5.41) is 4.85. The van der Waals surface area contributed by atoms with Crippen LogP contribution < -0.4 is 0 Å². The summed E-state index contributed by atoms with van der Waals surface area (Å²) >= 11 is 0. The molecule has 0 saturated heterocycles. The van der Waals surface area contributed by atoms with Crippen molar-refractivity contribution in [1.82, 2.24) is 4.57 Å². The number of hydrogen-bond acceptors (Lipinski definition) is 1. The molecule has 2 nitrogen and oxygen atoms in total. The van der Waals surface area contributed by atoms with Gasteiger partial charge in [-0.25, -0.2) is 0 Å². The molecule has 2 aromatic heterocycles. The lowest BCUT2D eigenvalue weighted by atomic mass is 9.81. The largest absolute Gasteiger partial charge is 0.455 e. The zero-order valence-electron chi connectivity index (χ0n) is 31.9. The van der Waals surface area contributed by atoms with E-state index in [0.29, 0.717) is 0 Å². The van der Waals surface area contributed by atoms with Crippen LogP contribution in [0.4, 0.5) is 0 Å². The van der Waals surface area contributed by atoms with Gasteiger partial charge in [-0.3, -0.25) is 0 Å². The third-order valence-electron chi connectivity index (χ3n) is 13.2. The monoisotopic (exact) mass is 717 g/mol. The predicted molar refractivity (Wildman–Crippen MR) is 234 cm³/mol. The van der Waals surface area contributed by atoms with Crippen molar-refractivity contribution in [1.29, 1.82) is 0 Å². The Kier molecular flexibility index (Phi) is 6.22. The maximum absolute atomic E-state index is 6.61. The van der Waals surface area contributed by atoms with Crippen LogP contribution in [-0.4, -0.2) is 4.57 Å². The van der Waals surface area contributed by atoms with Crippen LogP contribution in [0.3, 0.4) is 0 Å². The van der Waals surface area contributed by atoms with Gasteiger partial charge >= 0.3 is 0 Å². The average Bonchev–Trinajstić information content (AvgIpc) is 3.91. The van der Waals surface area contributed by atoms with Crippen LogP contribution in [0.5, 0.6) is 0 Å². The Bertz CT molecular complexity index is 3300. The highest BCUT2D eigenvalue weighted by Crippen LogP contribution is 2.54. The molecule has 8 aromatic carbocycles. The van der Waals surface area contributed by atoms with E-state index in [0.717, 1.165) is 11.2 Å². The molecule has 266 valence electrons. The van der Waals surface area contributed by atoms with Gasteiger partial charge in [-0.15, -0.1) is 0 Å². The van der Waals surface area contributed by atoms with Gasteiger partial charge in [-0.05, 0) is 110 Å². The molecule has 12 rings (SSSR count). The quantitative estimate of drug-likeness (QED) is 0.178. The number of benzene rings is 8. The third kappa shape index (κ3) is 4.16. The fourth-order valence-electron chi connectivity index (χ4n) is 10.3. The van der Waals surface area contributed by atoms with E-state index < -0.39 is 0 Å². The maximum atomic E-state index is 6.61. The number of fused-ring (bicyclic) bond motifs is 13. The van der Waals surface area contributed by atoms with Crippen LogP contribution in [-0.2, 0) is 10.8 Å². The topological polar surface area (TPSA) is 18.1 Å². The molecule has 0 bridgehead atoms. The standard InChI is InChI=1S/C54H39NO/c1-53(2)44-16-10-8-14-37(44)38-22-18-35(30-46(38)53)34-20-27-49-43(29-34)42-28-33(32-12-6-5-7-13-32)19-26-48(42)55(49)36-21-23-41-47(31-36)54(3,4)45-25-24-40-39-15-9-11-17-50(39)56-52(40)51(41)45/h5-31H,1-4H3. The van der Waals surface area contributed by atoms with Crippen LogP contribution in [0.25, 0.3) is 93.9 Å². The molecule has 2 aliphatic carbocycles. The molecule has 0 amide bonds. The zero-order chi connectivity index (χ0) is 37.5. The first kappa shape index (κ1) is 31.7. The fourth-order valence-corrected chi connectivity index (χ4v) is 10.3. The first-order valence-corrected chi connectivity index (χ1v) is 19.8. The second kappa shape index (κ2) is 11.0. The second-order valence-electron chi connectivity index (χ2n) is 16.9. The number of para-hydroxylation sites is 1. The molecule has 2 heterocycles. The van der Waals surface area contributed by atoms with Crippen LogP contribution >= 0.6 is 0 Å². The summed E-state index contributed by atoms with van der Waals surface area (Å²) < 4.78 is 9.08. The van der Waals surface area contributed by atoms with Crippen molar-refractivity contribution in [3.05, 3.63) is 186 Å². The van der Waals surface area contributed by atoms with Gasteiger partial charge in [0.05, 0.1) is 11.0 Å². The summed E-state index contributed by atoms with van der Waals surface area (Å²) in [4.78, 5) is 0. The zero-order valence-corrected chi connectivity index (χ0v) is 31.9. The molecule has 56 heavy (non-hydrogen) atoms. The van der Waals surface area contributed by atoms with Crippen LogP contribution in [0.1, 0.15) is 49.9 Å². The van der Waals surface area contributed by atoms with Crippen LogP contribution in [0, 0.1) is 0 Å². The Morgan fingerprint density at radius 2 is 1.00 bits per heavy atom. The second-order valence-corrected chi connectivity index (χ2v) is 16.9. The molecule has 0 N–H and O–H groups in total. The van der Waals surface area contributed by atoms with Crippen molar-refractivity contribution >= 4 is 43.7 Å². The molecule has 10 aromatic rings. The van der Waals surface area contributed by atoms with Crippen molar-refractivity contribution in [2.75, 3.05) is 0 Å². The highest BCUT2D eigenvalue weighted by Gasteiger charge is 2.38. The Morgan fingerprint density at radius 3 is 1.80 bits per heavy atom. The average molecular weight is 718 g/mol. The third-order valence-corrected chi connectivity index (χ3v) is 13.2. The van der Waals surface area contributed by atoms with Gasteiger partial charge in [0, 0.05) is 43.6 Å². The Balaban J connectivity index is 1.06. The lowest BCUT2D eigenvalue weighted by molar-refractivity contribution is 0.653. The molecule has 2 heteroatoms. The highest BCUT2D eigenvalue weighted by molar-refractivity contribution is 6.13. The summed E-state index contributed by atoms with van der Waals surface area (Å²) in [6.45, 7) is 9.44. The molecule has 0 saturated carbocycles. The fraction of sp³-hybridized carbons (Fsp3) is 0.111. The van der Waals surface area contributed by atoms with Gasteiger partial charge in [0.25, 0.3) is 0 Å². The first-order chi connectivity index (χ1) is 27.3. The summed E-state index contributed by atoms with van der Waals surface area (Å²) in [5.74, 6) is 0. The minimum atomic E-state index is -0.193. The molecule has 0 spiro atoms. The molecular weight excluding hydrogens is 679 g/mol. The lowest BCUT2D eigenvalue weighted by Crippen LogP contribution is -2.15.